The van der Waals surface area contributed by atoms with Crippen molar-refractivity contribution in [2.75, 3.05) is 23.3 Å². The molecule has 4 heterocycles. The van der Waals surface area contributed by atoms with Gasteiger partial charge in [-0.15, -0.1) is 0 Å². The van der Waals surface area contributed by atoms with Crippen LogP contribution in [0, 0.1) is 17.6 Å². The van der Waals surface area contributed by atoms with Crippen LogP contribution in [-0.4, -0.2) is 38.5 Å². The van der Waals surface area contributed by atoms with E-state index in [1.54, 1.807) is 6.33 Å². The highest BCUT2D eigenvalue weighted by Crippen LogP contribution is 2.30. The second-order valence-corrected chi connectivity index (χ2v) is 8.23. The van der Waals surface area contributed by atoms with Crippen LogP contribution in [0.3, 0.4) is 0 Å². The second kappa shape index (κ2) is 8.20. The third-order valence-electron chi connectivity index (χ3n) is 6.23. The number of aryl methyl sites for hydroxylation is 2. The zero-order valence-electron chi connectivity index (χ0n) is 17.2. The molecule has 1 aromatic carbocycles. The van der Waals surface area contributed by atoms with E-state index in [-0.39, 0.29) is 17.5 Å². The minimum absolute atomic E-state index is 0.121. The number of piperidine rings is 1. The standard InChI is InChI=1S/C22H24F2N6O/c23-15-5-6-16(24)17(12-15)27-22(31)14-7-10-29(11-8-14)20-19-21(26-13-25-20)30-9-3-1-2-4-18(30)28-19/h5-6,12-14H,1-4,7-11H2,(H,27,31). The van der Waals surface area contributed by atoms with Crippen LogP contribution < -0.4 is 10.2 Å². The quantitative estimate of drug-likeness (QED) is 0.691. The van der Waals surface area contributed by atoms with Gasteiger partial charge < -0.3 is 14.8 Å². The Bertz CT molecular complexity index is 1120. The summed E-state index contributed by atoms with van der Waals surface area (Å²) < 4.78 is 29.4. The predicted molar refractivity (Wildman–Crippen MR) is 113 cm³/mol. The number of carbonyl (C=O) groups excluding carboxylic acids is 1. The van der Waals surface area contributed by atoms with Crippen molar-refractivity contribution in [1.82, 2.24) is 19.5 Å². The largest absolute Gasteiger partial charge is 0.355 e. The number of nitrogens with zero attached hydrogens (tertiary/aromatic N) is 5. The topological polar surface area (TPSA) is 75.9 Å². The van der Waals surface area contributed by atoms with Crippen LogP contribution in [0.25, 0.3) is 11.2 Å². The molecule has 3 aromatic rings. The first-order chi connectivity index (χ1) is 15.1. The fourth-order valence-electron chi connectivity index (χ4n) is 4.54. The van der Waals surface area contributed by atoms with Crippen LogP contribution in [0.2, 0.25) is 0 Å². The maximum absolute atomic E-state index is 13.8. The zero-order valence-corrected chi connectivity index (χ0v) is 17.2. The predicted octanol–water partition coefficient (Wildman–Crippen LogP) is 3.69. The van der Waals surface area contributed by atoms with Gasteiger partial charge in [-0.2, -0.15) is 0 Å². The molecule has 9 heteroatoms. The van der Waals surface area contributed by atoms with Gasteiger partial charge in [-0.25, -0.2) is 23.7 Å². The lowest BCUT2D eigenvalue weighted by atomic mass is 9.95. The van der Waals surface area contributed by atoms with E-state index in [2.05, 4.69) is 24.8 Å². The number of hydrogen-bond donors (Lipinski definition) is 1. The maximum atomic E-state index is 13.8. The fourth-order valence-corrected chi connectivity index (χ4v) is 4.54. The minimum atomic E-state index is -0.643. The number of benzene rings is 1. The molecule has 0 spiro atoms. The Morgan fingerprint density at radius 1 is 1.06 bits per heavy atom. The van der Waals surface area contributed by atoms with Crippen molar-refractivity contribution >= 4 is 28.6 Å². The molecular formula is C22H24F2N6O. The first-order valence-electron chi connectivity index (χ1n) is 10.8. The molecule has 0 radical (unpaired) electrons. The Morgan fingerprint density at radius 3 is 2.74 bits per heavy atom. The molecule has 162 valence electrons. The van der Waals surface area contributed by atoms with Crippen molar-refractivity contribution in [1.29, 1.82) is 0 Å². The molecule has 1 saturated heterocycles. The normalized spacial score (nSPS) is 17.4. The number of carbonyl (C=O) groups is 1. The molecule has 0 saturated carbocycles. The molecule has 2 aromatic heterocycles. The number of anilines is 2. The van der Waals surface area contributed by atoms with Crippen molar-refractivity contribution in [3.63, 3.8) is 0 Å². The number of amides is 1. The van der Waals surface area contributed by atoms with Crippen molar-refractivity contribution in [3.05, 3.63) is 42.0 Å². The molecule has 0 atom stereocenters. The van der Waals surface area contributed by atoms with Crippen LogP contribution in [0.4, 0.5) is 20.3 Å². The Balaban J connectivity index is 1.30. The van der Waals surface area contributed by atoms with E-state index in [4.69, 9.17) is 4.98 Å². The Kier molecular flexibility index (Phi) is 5.25. The van der Waals surface area contributed by atoms with E-state index in [1.807, 2.05) is 0 Å². The number of hydrogen-bond acceptors (Lipinski definition) is 5. The van der Waals surface area contributed by atoms with Gasteiger partial charge in [-0.05, 0) is 37.8 Å². The van der Waals surface area contributed by atoms with Crippen molar-refractivity contribution in [2.24, 2.45) is 5.92 Å². The van der Waals surface area contributed by atoms with Gasteiger partial charge in [0, 0.05) is 38.0 Å². The lowest BCUT2D eigenvalue weighted by Crippen LogP contribution is -2.38. The number of halogens is 2. The molecular weight excluding hydrogens is 402 g/mol. The summed E-state index contributed by atoms with van der Waals surface area (Å²) in [4.78, 5) is 28.6. The summed E-state index contributed by atoms with van der Waals surface area (Å²) in [5.74, 6) is 0.0924. The van der Waals surface area contributed by atoms with Gasteiger partial charge in [0.1, 0.15) is 23.8 Å². The van der Waals surface area contributed by atoms with Gasteiger partial charge in [0.05, 0.1) is 5.69 Å². The van der Waals surface area contributed by atoms with Crippen LogP contribution in [0.1, 0.15) is 37.9 Å². The Morgan fingerprint density at radius 2 is 1.90 bits per heavy atom. The molecule has 0 unspecified atom stereocenters. The van der Waals surface area contributed by atoms with Gasteiger partial charge in [-0.3, -0.25) is 4.79 Å². The molecule has 2 aliphatic rings. The Labute approximate surface area is 178 Å². The number of nitrogens with one attached hydrogen (secondary N) is 1. The average Bonchev–Trinajstić information content (AvgIpc) is 2.97. The summed E-state index contributed by atoms with van der Waals surface area (Å²) in [5, 5.41) is 2.53. The molecule has 1 N–H and O–H groups in total. The lowest BCUT2D eigenvalue weighted by molar-refractivity contribution is -0.120. The van der Waals surface area contributed by atoms with Gasteiger partial charge >= 0.3 is 0 Å². The van der Waals surface area contributed by atoms with E-state index in [0.717, 1.165) is 66.8 Å². The number of imidazole rings is 1. The van der Waals surface area contributed by atoms with E-state index >= 15 is 0 Å². The SMILES string of the molecule is O=C(Nc1cc(F)ccc1F)C1CCN(c2ncnc3c2nc2n3CCCCC2)CC1. The highest BCUT2D eigenvalue weighted by Gasteiger charge is 2.28. The highest BCUT2D eigenvalue weighted by molar-refractivity contribution is 5.93. The molecule has 31 heavy (non-hydrogen) atoms. The molecule has 1 fully saturated rings. The first-order valence-corrected chi connectivity index (χ1v) is 10.8. The third-order valence-corrected chi connectivity index (χ3v) is 6.23. The summed E-state index contributed by atoms with van der Waals surface area (Å²) in [6, 6.07) is 3.05. The molecule has 2 aliphatic heterocycles. The van der Waals surface area contributed by atoms with Gasteiger partial charge in [0.2, 0.25) is 5.91 Å². The van der Waals surface area contributed by atoms with Crippen LogP contribution in [-0.2, 0) is 17.8 Å². The summed E-state index contributed by atoms with van der Waals surface area (Å²) in [6.07, 6.45) is 7.21. The van der Waals surface area contributed by atoms with Gasteiger partial charge in [0.15, 0.2) is 17.0 Å². The second-order valence-electron chi connectivity index (χ2n) is 8.23. The van der Waals surface area contributed by atoms with Crippen molar-refractivity contribution in [2.45, 2.75) is 45.1 Å². The van der Waals surface area contributed by atoms with Gasteiger partial charge in [-0.1, -0.05) is 6.42 Å². The van der Waals surface area contributed by atoms with Gasteiger partial charge in [0.25, 0.3) is 0 Å². The maximum Gasteiger partial charge on any atom is 0.227 e. The molecule has 1 amide bonds. The number of aromatic nitrogens is 4. The molecule has 0 aliphatic carbocycles. The van der Waals surface area contributed by atoms with E-state index < -0.39 is 11.6 Å². The minimum Gasteiger partial charge on any atom is -0.355 e. The summed E-state index contributed by atoms with van der Waals surface area (Å²) in [5.41, 5.74) is 1.58. The zero-order chi connectivity index (χ0) is 21.4. The van der Waals surface area contributed by atoms with Crippen LogP contribution in [0.5, 0.6) is 0 Å². The summed E-state index contributed by atoms with van der Waals surface area (Å²) in [6.45, 7) is 2.21. The number of fused-ring (bicyclic) bond motifs is 3. The van der Waals surface area contributed by atoms with Crippen LogP contribution >= 0.6 is 0 Å². The summed E-state index contributed by atoms with van der Waals surface area (Å²) in [7, 11) is 0. The number of rotatable bonds is 3. The van der Waals surface area contributed by atoms with Crippen molar-refractivity contribution in [3.8, 4) is 0 Å². The molecule has 0 bridgehead atoms. The fraction of sp³-hybridized carbons (Fsp3) is 0.455. The lowest BCUT2D eigenvalue weighted by Gasteiger charge is -2.32. The third kappa shape index (κ3) is 3.84. The molecule has 7 nitrogen and oxygen atoms in total. The smallest absolute Gasteiger partial charge is 0.227 e. The van der Waals surface area contributed by atoms with Crippen LogP contribution in [0.15, 0.2) is 24.5 Å². The average molecular weight is 426 g/mol. The Hall–Kier alpha value is -3.10. The van der Waals surface area contributed by atoms with E-state index in [9.17, 15) is 13.6 Å². The van der Waals surface area contributed by atoms with E-state index in [1.165, 1.54) is 6.42 Å². The molecule has 5 rings (SSSR count). The first kappa shape index (κ1) is 19.8. The van der Waals surface area contributed by atoms with Crippen molar-refractivity contribution < 1.29 is 13.6 Å². The highest BCUT2D eigenvalue weighted by atomic mass is 19.1. The summed E-state index contributed by atoms with van der Waals surface area (Å²) >= 11 is 0. The van der Waals surface area contributed by atoms with E-state index in [0.29, 0.717) is 25.9 Å². The monoisotopic (exact) mass is 426 g/mol.